The molecule has 4 nitrogen and oxygen atoms in total. The smallest absolute Gasteiger partial charge is 0.305 e. The number of carbonyl (C=O) groups is 2. The van der Waals surface area contributed by atoms with E-state index in [4.69, 9.17) is 28.3 Å². The van der Waals surface area contributed by atoms with Crippen molar-refractivity contribution in [1.82, 2.24) is 4.90 Å². The van der Waals surface area contributed by atoms with Crippen LogP contribution in [0.4, 0.5) is 0 Å². The Hall–Kier alpha value is -1.26. The molecule has 1 aliphatic rings. The molecule has 1 fully saturated rings. The molecule has 1 amide bonds. The summed E-state index contributed by atoms with van der Waals surface area (Å²) in [6.07, 6.45) is 0.735. The Kier molecular flexibility index (Phi) is 5.12. The zero-order chi connectivity index (χ0) is 15.6. The molecule has 6 heteroatoms. The number of hydrogen-bond donors (Lipinski definition) is 1. The molecule has 1 aliphatic carbocycles. The molecule has 0 bridgehead atoms. The minimum atomic E-state index is -0.893. The lowest BCUT2D eigenvalue weighted by atomic mass is 10.1. The first-order valence-electron chi connectivity index (χ1n) is 6.89. The highest BCUT2D eigenvalue weighted by Crippen LogP contribution is 2.49. The van der Waals surface area contributed by atoms with E-state index in [9.17, 15) is 9.59 Å². The van der Waals surface area contributed by atoms with E-state index in [0.29, 0.717) is 16.6 Å². The summed E-state index contributed by atoms with van der Waals surface area (Å²) in [5.41, 5.74) is 0.972. The minimum Gasteiger partial charge on any atom is -0.481 e. The van der Waals surface area contributed by atoms with Gasteiger partial charge in [-0.15, -0.1) is 0 Å². The van der Waals surface area contributed by atoms with Gasteiger partial charge in [0.1, 0.15) is 0 Å². The van der Waals surface area contributed by atoms with Crippen LogP contribution in [0.15, 0.2) is 18.2 Å². The van der Waals surface area contributed by atoms with Gasteiger partial charge in [-0.05, 0) is 43.0 Å². The quantitative estimate of drug-likeness (QED) is 0.869. The predicted octanol–water partition coefficient (Wildman–Crippen LogP) is 3.42. The largest absolute Gasteiger partial charge is 0.481 e. The van der Waals surface area contributed by atoms with Crippen LogP contribution in [0.25, 0.3) is 0 Å². The fourth-order valence-corrected chi connectivity index (χ4v) is 3.06. The van der Waals surface area contributed by atoms with Crippen LogP contribution in [0.2, 0.25) is 10.0 Å². The first kappa shape index (κ1) is 16.1. The normalized spacial score (nSPS) is 20.1. The first-order chi connectivity index (χ1) is 9.92. The van der Waals surface area contributed by atoms with Gasteiger partial charge >= 0.3 is 5.97 Å². The monoisotopic (exact) mass is 329 g/mol. The van der Waals surface area contributed by atoms with Crippen LogP contribution >= 0.6 is 23.2 Å². The zero-order valence-corrected chi connectivity index (χ0v) is 13.2. The molecule has 1 saturated carbocycles. The SMILES string of the molecule is CCN(CCC(=O)O)C(=O)C1CC1c1cc(Cl)cc(Cl)c1. The fraction of sp³-hybridized carbons (Fsp3) is 0.467. The average Bonchev–Trinajstić information content (AvgIpc) is 3.17. The standard InChI is InChI=1S/C15H17Cl2NO3/c1-2-18(4-3-14(19)20)15(21)13-8-12(13)9-5-10(16)7-11(17)6-9/h5-7,12-13H,2-4,8H2,1H3,(H,19,20). The summed E-state index contributed by atoms with van der Waals surface area (Å²) in [4.78, 5) is 24.6. The van der Waals surface area contributed by atoms with Crippen LogP contribution < -0.4 is 0 Å². The van der Waals surface area contributed by atoms with E-state index >= 15 is 0 Å². The third-order valence-electron chi connectivity index (χ3n) is 3.71. The highest BCUT2D eigenvalue weighted by molar-refractivity contribution is 6.34. The van der Waals surface area contributed by atoms with Gasteiger partial charge in [-0.1, -0.05) is 23.2 Å². The van der Waals surface area contributed by atoms with Crippen LogP contribution in [-0.2, 0) is 9.59 Å². The Labute approximate surface area is 133 Å². The first-order valence-corrected chi connectivity index (χ1v) is 7.64. The Morgan fingerprint density at radius 2 is 1.90 bits per heavy atom. The molecular formula is C15H17Cl2NO3. The second-order valence-corrected chi connectivity index (χ2v) is 6.09. The van der Waals surface area contributed by atoms with E-state index in [-0.39, 0.29) is 30.7 Å². The number of nitrogens with zero attached hydrogens (tertiary/aromatic N) is 1. The van der Waals surface area contributed by atoms with Gasteiger partial charge in [0.25, 0.3) is 0 Å². The van der Waals surface area contributed by atoms with Gasteiger partial charge in [-0.3, -0.25) is 9.59 Å². The number of carbonyl (C=O) groups excluding carboxylic acids is 1. The molecular weight excluding hydrogens is 313 g/mol. The minimum absolute atomic E-state index is 0.0137. The number of benzene rings is 1. The van der Waals surface area contributed by atoms with Crippen LogP contribution in [0.1, 0.15) is 31.2 Å². The van der Waals surface area contributed by atoms with Gasteiger partial charge in [0.2, 0.25) is 5.91 Å². The summed E-state index contributed by atoms with van der Waals surface area (Å²) in [7, 11) is 0. The van der Waals surface area contributed by atoms with Crippen molar-refractivity contribution >= 4 is 35.1 Å². The van der Waals surface area contributed by atoms with Crippen LogP contribution in [0, 0.1) is 5.92 Å². The third kappa shape index (κ3) is 4.11. The van der Waals surface area contributed by atoms with E-state index in [1.807, 2.05) is 19.1 Å². The number of halogens is 2. The van der Waals surface area contributed by atoms with E-state index in [0.717, 1.165) is 12.0 Å². The van der Waals surface area contributed by atoms with Crippen molar-refractivity contribution in [2.75, 3.05) is 13.1 Å². The lowest BCUT2D eigenvalue weighted by Crippen LogP contribution is -2.34. The Morgan fingerprint density at radius 1 is 1.29 bits per heavy atom. The summed E-state index contributed by atoms with van der Waals surface area (Å²) >= 11 is 12.0. The maximum atomic E-state index is 12.4. The van der Waals surface area contributed by atoms with Crippen molar-refractivity contribution < 1.29 is 14.7 Å². The number of carboxylic acids is 1. The summed E-state index contributed by atoms with van der Waals surface area (Å²) in [6, 6.07) is 5.33. The van der Waals surface area contributed by atoms with Crippen molar-refractivity contribution in [3.8, 4) is 0 Å². The Morgan fingerprint density at radius 3 is 2.43 bits per heavy atom. The van der Waals surface area contributed by atoms with Gasteiger partial charge in [0.15, 0.2) is 0 Å². The third-order valence-corrected chi connectivity index (χ3v) is 4.15. The number of carboxylic acid groups (broad SMARTS) is 1. The molecule has 0 spiro atoms. The molecule has 2 rings (SSSR count). The average molecular weight is 330 g/mol. The highest BCUT2D eigenvalue weighted by atomic mass is 35.5. The second-order valence-electron chi connectivity index (χ2n) is 5.21. The van der Waals surface area contributed by atoms with Crippen molar-refractivity contribution in [3.05, 3.63) is 33.8 Å². The molecule has 1 aromatic rings. The topological polar surface area (TPSA) is 57.6 Å². The number of amides is 1. The van der Waals surface area contributed by atoms with E-state index in [1.54, 1.807) is 11.0 Å². The number of aliphatic carboxylic acids is 1. The van der Waals surface area contributed by atoms with Gasteiger partial charge in [0.05, 0.1) is 6.42 Å². The van der Waals surface area contributed by atoms with Gasteiger partial charge in [-0.25, -0.2) is 0 Å². The van der Waals surface area contributed by atoms with Crippen LogP contribution in [-0.4, -0.2) is 35.0 Å². The molecule has 0 radical (unpaired) electrons. The summed E-state index contributed by atoms with van der Waals surface area (Å²) in [5.74, 6) is -0.837. The second kappa shape index (κ2) is 6.67. The Bertz CT molecular complexity index is 542. The van der Waals surface area contributed by atoms with Crippen LogP contribution in [0.3, 0.4) is 0 Å². The van der Waals surface area contributed by atoms with Crippen molar-refractivity contribution in [1.29, 1.82) is 0 Å². The van der Waals surface area contributed by atoms with Gasteiger partial charge in [0, 0.05) is 29.1 Å². The van der Waals surface area contributed by atoms with E-state index in [2.05, 4.69) is 0 Å². The van der Waals surface area contributed by atoms with Gasteiger partial charge < -0.3 is 10.0 Å². The molecule has 0 aliphatic heterocycles. The van der Waals surface area contributed by atoms with E-state index < -0.39 is 5.97 Å². The molecule has 1 aromatic carbocycles. The molecule has 2 atom stereocenters. The maximum absolute atomic E-state index is 12.4. The number of rotatable bonds is 6. The molecule has 0 aromatic heterocycles. The zero-order valence-electron chi connectivity index (χ0n) is 11.7. The van der Waals surface area contributed by atoms with E-state index in [1.165, 1.54) is 0 Å². The van der Waals surface area contributed by atoms with Crippen molar-refractivity contribution in [2.45, 2.75) is 25.7 Å². The van der Waals surface area contributed by atoms with Gasteiger partial charge in [-0.2, -0.15) is 0 Å². The summed E-state index contributed by atoms with van der Waals surface area (Å²) in [6.45, 7) is 2.63. The molecule has 0 heterocycles. The van der Waals surface area contributed by atoms with Crippen molar-refractivity contribution in [3.63, 3.8) is 0 Å². The predicted molar refractivity (Wildman–Crippen MR) is 81.8 cm³/mol. The van der Waals surface area contributed by atoms with Crippen LogP contribution in [0.5, 0.6) is 0 Å². The molecule has 2 unspecified atom stereocenters. The summed E-state index contributed by atoms with van der Waals surface area (Å²) in [5, 5.41) is 9.85. The number of hydrogen-bond acceptors (Lipinski definition) is 2. The molecule has 1 N–H and O–H groups in total. The molecule has 114 valence electrons. The highest BCUT2D eigenvalue weighted by Gasteiger charge is 2.45. The lowest BCUT2D eigenvalue weighted by molar-refractivity contribution is -0.138. The fourth-order valence-electron chi connectivity index (χ4n) is 2.51. The summed E-state index contributed by atoms with van der Waals surface area (Å²) < 4.78 is 0. The molecule has 21 heavy (non-hydrogen) atoms. The Balaban J connectivity index is 2.00. The maximum Gasteiger partial charge on any atom is 0.305 e. The molecule has 0 saturated heterocycles. The lowest BCUT2D eigenvalue weighted by Gasteiger charge is -2.20. The van der Waals surface area contributed by atoms with Crippen molar-refractivity contribution in [2.24, 2.45) is 5.92 Å².